The number of hydrogen-bond acceptors (Lipinski definition) is 2. The van der Waals surface area contributed by atoms with E-state index in [-0.39, 0.29) is 11.5 Å². The number of benzene rings is 1. The quantitative estimate of drug-likeness (QED) is 0.783. The molecule has 0 atom stereocenters. The monoisotopic (exact) mass is 288 g/mol. The van der Waals surface area contributed by atoms with Crippen molar-refractivity contribution >= 4 is 0 Å². The molecule has 0 spiro atoms. The summed E-state index contributed by atoms with van der Waals surface area (Å²) < 4.78 is 80.5. The SMILES string of the molecule is Cc1cc(OCC(F)(F)F)cc(OCC(F)(F)F)c1. The Kier molecular flexibility index (Phi) is 4.54. The molecule has 2 nitrogen and oxygen atoms in total. The van der Waals surface area contributed by atoms with Gasteiger partial charge in [-0.2, -0.15) is 26.3 Å². The van der Waals surface area contributed by atoms with E-state index in [0.29, 0.717) is 5.56 Å². The zero-order valence-corrected chi connectivity index (χ0v) is 9.73. The molecular weight excluding hydrogens is 278 g/mol. The predicted molar refractivity (Wildman–Crippen MR) is 54.3 cm³/mol. The average molecular weight is 288 g/mol. The van der Waals surface area contributed by atoms with E-state index < -0.39 is 25.6 Å². The van der Waals surface area contributed by atoms with E-state index in [1.54, 1.807) is 0 Å². The van der Waals surface area contributed by atoms with Gasteiger partial charge < -0.3 is 9.47 Å². The van der Waals surface area contributed by atoms with Gasteiger partial charge in [0, 0.05) is 6.07 Å². The lowest BCUT2D eigenvalue weighted by Crippen LogP contribution is -2.20. The van der Waals surface area contributed by atoms with Gasteiger partial charge in [-0.05, 0) is 24.6 Å². The third kappa shape index (κ3) is 6.78. The molecule has 0 radical (unpaired) electrons. The first-order valence-corrected chi connectivity index (χ1v) is 5.06. The number of rotatable bonds is 4. The molecular formula is C11H10F6O2. The van der Waals surface area contributed by atoms with Crippen molar-refractivity contribution in [2.45, 2.75) is 19.3 Å². The fourth-order valence-electron chi connectivity index (χ4n) is 1.21. The summed E-state index contributed by atoms with van der Waals surface area (Å²) in [4.78, 5) is 0. The van der Waals surface area contributed by atoms with E-state index in [2.05, 4.69) is 9.47 Å². The third-order valence-corrected chi connectivity index (χ3v) is 1.83. The highest BCUT2D eigenvalue weighted by Crippen LogP contribution is 2.26. The minimum absolute atomic E-state index is 0.200. The standard InChI is InChI=1S/C11H10F6O2/c1-7-2-8(18-5-10(12,13)14)4-9(3-7)19-6-11(15,16)17/h2-4H,5-6H2,1H3. The van der Waals surface area contributed by atoms with Crippen molar-refractivity contribution < 1.29 is 35.8 Å². The molecule has 0 saturated carbocycles. The van der Waals surface area contributed by atoms with Crippen molar-refractivity contribution in [3.8, 4) is 11.5 Å². The normalized spacial score (nSPS) is 12.4. The van der Waals surface area contributed by atoms with Crippen molar-refractivity contribution in [2.75, 3.05) is 13.2 Å². The first-order chi connectivity index (χ1) is 8.55. The van der Waals surface area contributed by atoms with Crippen LogP contribution in [-0.4, -0.2) is 25.6 Å². The molecule has 0 saturated heterocycles. The first kappa shape index (κ1) is 15.5. The highest BCUT2D eigenvalue weighted by atomic mass is 19.4. The molecule has 108 valence electrons. The zero-order chi connectivity index (χ0) is 14.7. The Balaban J connectivity index is 2.71. The molecule has 8 heteroatoms. The van der Waals surface area contributed by atoms with Gasteiger partial charge in [0.1, 0.15) is 11.5 Å². The lowest BCUT2D eigenvalue weighted by atomic mass is 10.2. The fourth-order valence-corrected chi connectivity index (χ4v) is 1.21. The molecule has 0 aliphatic heterocycles. The molecule has 19 heavy (non-hydrogen) atoms. The molecule has 0 N–H and O–H groups in total. The highest BCUT2D eigenvalue weighted by Gasteiger charge is 2.29. The largest absolute Gasteiger partial charge is 0.484 e. The van der Waals surface area contributed by atoms with Crippen molar-refractivity contribution in [3.63, 3.8) is 0 Å². The van der Waals surface area contributed by atoms with Gasteiger partial charge in [-0.15, -0.1) is 0 Å². The maximum Gasteiger partial charge on any atom is 0.422 e. The Labute approximate surface area is 104 Å². The van der Waals surface area contributed by atoms with Gasteiger partial charge in [0.25, 0.3) is 0 Å². The van der Waals surface area contributed by atoms with Crippen molar-refractivity contribution in [3.05, 3.63) is 23.8 Å². The lowest BCUT2D eigenvalue weighted by Gasteiger charge is -2.13. The van der Waals surface area contributed by atoms with Gasteiger partial charge >= 0.3 is 12.4 Å². The molecule has 0 amide bonds. The van der Waals surface area contributed by atoms with Crippen molar-refractivity contribution in [2.24, 2.45) is 0 Å². The van der Waals surface area contributed by atoms with Crippen LogP contribution in [0.1, 0.15) is 5.56 Å². The summed E-state index contributed by atoms with van der Waals surface area (Å²) in [6.07, 6.45) is -9.03. The predicted octanol–water partition coefficient (Wildman–Crippen LogP) is 3.88. The Bertz CT molecular complexity index is 388. The van der Waals surface area contributed by atoms with Crippen LogP contribution in [0.25, 0.3) is 0 Å². The Morgan fingerprint density at radius 2 is 1.16 bits per heavy atom. The maximum atomic E-state index is 11.9. The number of alkyl halides is 6. The van der Waals surface area contributed by atoms with Crippen LogP contribution in [0.4, 0.5) is 26.3 Å². The summed E-state index contributed by atoms with van der Waals surface area (Å²) in [7, 11) is 0. The van der Waals surface area contributed by atoms with Crippen LogP contribution in [0.3, 0.4) is 0 Å². The van der Waals surface area contributed by atoms with Crippen molar-refractivity contribution in [1.29, 1.82) is 0 Å². The number of ether oxygens (including phenoxy) is 2. The van der Waals surface area contributed by atoms with Crippen LogP contribution in [0.15, 0.2) is 18.2 Å². The zero-order valence-electron chi connectivity index (χ0n) is 9.73. The summed E-state index contributed by atoms with van der Waals surface area (Å²) >= 11 is 0. The second-order valence-electron chi connectivity index (χ2n) is 3.79. The van der Waals surface area contributed by atoms with Crippen molar-refractivity contribution in [1.82, 2.24) is 0 Å². The second-order valence-corrected chi connectivity index (χ2v) is 3.79. The summed E-state index contributed by atoms with van der Waals surface area (Å²) in [5.41, 5.74) is 0.428. The molecule has 0 aromatic heterocycles. The van der Waals surface area contributed by atoms with Crippen LogP contribution in [0, 0.1) is 6.92 Å². The third-order valence-electron chi connectivity index (χ3n) is 1.83. The number of halogens is 6. The Morgan fingerprint density at radius 3 is 1.47 bits per heavy atom. The molecule has 0 aliphatic carbocycles. The van der Waals surface area contributed by atoms with E-state index >= 15 is 0 Å². The molecule has 1 aromatic carbocycles. The number of hydrogen-bond donors (Lipinski definition) is 0. The van der Waals surface area contributed by atoms with E-state index in [9.17, 15) is 26.3 Å². The van der Waals surface area contributed by atoms with E-state index in [0.717, 1.165) is 6.07 Å². The average Bonchev–Trinajstić information content (AvgIpc) is 2.21. The van der Waals surface area contributed by atoms with Gasteiger partial charge in [0.05, 0.1) is 0 Å². The Hall–Kier alpha value is -1.60. The lowest BCUT2D eigenvalue weighted by molar-refractivity contribution is -0.153. The molecule has 0 unspecified atom stereocenters. The van der Waals surface area contributed by atoms with Crippen LogP contribution in [0.5, 0.6) is 11.5 Å². The fraction of sp³-hybridized carbons (Fsp3) is 0.455. The smallest absolute Gasteiger partial charge is 0.422 e. The topological polar surface area (TPSA) is 18.5 Å². The summed E-state index contributed by atoms with van der Waals surface area (Å²) in [6, 6.07) is 3.52. The Morgan fingerprint density at radius 1 is 0.789 bits per heavy atom. The second kappa shape index (κ2) is 5.58. The molecule has 0 bridgehead atoms. The molecule has 1 rings (SSSR count). The van der Waals surface area contributed by atoms with Crippen LogP contribution < -0.4 is 9.47 Å². The number of aryl methyl sites for hydroxylation is 1. The highest BCUT2D eigenvalue weighted by molar-refractivity contribution is 5.37. The van der Waals surface area contributed by atoms with Gasteiger partial charge in [-0.25, -0.2) is 0 Å². The molecule has 0 heterocycles. The van der Waals surface area contributed by atoms with E-state index in [1.165, 1.54) is 19.1 Å². The first-order valence-electron chi connectivity index (χ1n) is 5.06. The van der Waals surface area contributed by atoms with Gasteiger partial charge in [0.2, 0.25) is 0 Å². The minimum atomic E-state index is -4.52. The van der Waals surface area contributed by atoms with E-state index in [4.69, 9.17) is 0 Å². The van der Waals surface area contributed by atoms with E-state index in [1.807, 2.05) is 0 Å². The van der Waals surface area contributed by atoms with Crippen LogP contribution >= 0.6 is 0 Å². The van der Waals surface area contributed by atoms with Gasteiger partial charge in [0.15, 0.2) is 13.2 Å². The minimum Gasteiger partial charge on any atom is -0.484 e. The van der Waals surface area contributed by atoms with Gasteiger partial charge in [-0.3, -0.25) is 0 Å². The maximum absolute atomic E-state index is 11.9. The summed E-state index contributed by atoms with van der Waals surface area (Å²) in [5.74, 6) is -0.399. The summed E-state index contributed by atoms with van der Waals surface area (Å²) in [5, 5.41) is 0. The van der Waals surface area contributed by atoms with Gasteiger partial charge in [-0.1, -0.05) is 0 Å². The molecule has 0 fully saturated rings. The van der Waals surface area contributed by atoms with Crippen LogP contribution in [0.2, 0.25) is 0 Å². The molecule has 1 aromatic rings. The molecule has 0 aliphatic rings. The summed E-state index contributed by atoms with van der Waals surface area (Å²) in [6.45, 7) is -1.54. The van der Waals surface area contributed by atoms with Crippen LogP contribution in [-0.2, 0) is 0 Å².